The summed E-state index contributed by atoms with van der Waals surface area (Å²) in [5.41, 5.74) is 6.70. The van der Waals surface area contributed by atoms with Crippen molar-refractivity contribution in [2.75, 3.05) is 24.6 Å². The van der Waals surface area contributed by atoms with Gasteiger partial charge < -0.3 is 31.3 Å². The Morgan fingerprint density at radius 2 is 1.88 bits per heavy atom. The summed E-state index contributed by atoms with van der Waals surface area (Å²) in [4.78, 5) is 56.3. The number of nitrogens with one attached hydrogen (secondary N) is 4. The van der Waals surface area contributed by atoms with Crippen molar-refractivity contribution in [2.24, 2.45) is 10.7 Å². The van der Waals surface area contributed by atoms with Gasteiger partial charge in [-0.1, -0.05) is 18.2 Å². The van der Waals surface area contributed by atoms with E-state index in [-0.39, 0.29) is 34.5 Å². The van der Waals surface area contributed by atoms with Crippen molar-refractivity contribution in [3.8, 4) is 0 Å². The molecule has 214 valence electrons. The Kier molecular flexibility index (Phi) is 8.77. The first kappa shape index (κ1) is 28.9. The molecule has 2 aromatic carbocycles. The van der Waals surface area contributed by atoms with E-state index >= 15 is 0 Å². The molecule has 2 aliphatic rings. The molecule has 2 heterocycles. The molecule has 1 saturated heterocycles. The molecule has 4 amide bonds. The van der Waals surface area contributed by atoms with E-state index in [1.54, 1.807) is 49.4 Å². The van der Waals surface area contributed by atoms with E-state index in [4.69, 9.17) is 15.9 Å². The number of para-hydroxylation sites is 1. The molecule has 2 aliphatic heterocycles. The van der Waals surface area contributed by atoms with Gasteiger partial charge >= 0.3 is 12.0 Å². The largest absolute Gasteiger partial charge is 0.464 e. The van der Waals surface area contributed by atoms with Crippen molar-refractivity contribution in [1.29, 1.82) is 5.41 Å². The number of urea groups is 1. The molecule has 4 rings (SSSR count). The van der Waals surface area contributed by atoms with Crippen molar-refractivity contribution < 1.29 is 32.3 Å². The third-order valence-electron chi connectivity index (χ3n) is 6.32. The van der Waals surface area contributed by atoms with Gasteiger partial charge in [-0.3, -0.25) is 15.0 Å². The standard InChI is InChI=1S/C26H27N7O7S/c1-2-40-25(36)19(31-23(34)20-21(41(38)39)16-5-3-4-6-17(16)30-20)13-29-26(37)32-18-11-12-33(24(18)35)15-9-7-14(8-10-15)22(27)28/h3-10,18-19H,2,11-13H2,1H3,(H3,27,28)(H,31,34)(H2,29,32,37). The minimum absolute atomic E-state index is 0.00839. The number of fused-ring (bicyclic) bond motifs is 1. The summed E-state index contributed by atoms with van der Waals surface area (Å²) in [6, 6.07) is 9.85. The summed E-state index contributed by atoms with van der Waals surface area (Å²) in [5, 5.41) is 14.9. The third-order valence-corrected chi connectivity index (χ3v) is 7.07. The number of rotatable bonds is 9. The van der Waals surface area contributed by atoms with E-state index in [2.05, 4.69) is 20.9 Å². The zero-order valence-corrected chi connectivity index (χ0v) is 22.7. The molecule has 14 nitrogen and oxygen atoms in total. The van der Waals surface area contributed by atoms with Gasteiger partial charge in [0.25, 0.3) is 5.91 Å². The van der Waals surface area contributed by atoms with Crippen molar-refractivity contribution in [1.82, 2.24) is 16.0 Å². The molecule has 6 N–H and O–H groups in total. The molecule has 0 aromatic heterocycles. The lowest BCUT2D eigenvalue weighted by Crippen LogP contribution is -2.54. The number of carbonyl (C=O) groups excluding carboxylic acids is 4. The lowest BCUT2D eigenvalue weighted by atomic mass is 10.1. The van der Waals surface area contributed by atoms with Crippen LogP contribution >= 0.6 is 0 Å². The van der Waals surface area contributed by atoms with Crippen LogP contribution in [-0.2, 0) is 29.4 Å². The van der Waals surface area contributed by atoms with E-state index in [1.807, 2.05) is 0 Å². The minimum atomic E-state index is -2.79. The van der Waals surface area contributed by atoms with E-state index in [0.29, 0.717) is 24.2 Å². The Morgan fingerprint density at radius 1 is 1.17 bits per heavy atom. The monoisotopic (exact) mass is 581 g/mol. The second-order valence-corrected chi connectivity index (χ2v) is 9.84. The van der Waals surface area contributed by atoms with Gasteiger partial charge in [-0.05, 0) is 43.7 Å². The van der Waals surface area contributed by atoms with Crippen molar-refractivity contribution in [3.05, 3.63) is 59.7 Å². The molecule has 0 saturated carbocycles. The summed E-state index contributed by atoms with van der Waals surface area (Å²) in [6.45, 7) is 1.48. The van der Waals surface area contributed by atoms with Crippen LogP contribution in [0.15, 0.2) is 53.5 Å². The van der Waals surface area contributed by atoms with E-state index < -0.39 is 52.5 Å². The van der Waals surface area contributed by atoms with Crippen molar-refractivity contribution in [3.63, 3.8) is 0 Å². The smallest absolute Gasteiger partial charge is 0.330 e. The van der Waals surface area contributed by atoms with Gasteiger partial charge in [-0.2, -0.15) is 8.42 Å². The number of ether oxygens (including phenoxy) is 1. The number of aliphatic imine (C=N–C) groups is 1. The SMILES string of the molecule is CCOC(=O)C(CNC(=O)NC1CCN(c2ccc(C(=N)N)cc2)C1=O)NC(=O)C1=Nc2ccccc2C1=S(=O)=O. The van der Waals surface area contributed by atoms with Gasteiger partial charge in [0, 0.05) is 23.4 Å². The maximum absolute atomic E-state index is 13.0. The summed E-state index contributed by atoms with van der Waals surface area (Å²) in [5.74, 6) is -2.26. The average Bonchev–Trinajstić information content (AvgIpc) is 3.51. The third kappa shape index (κ3) is 6.41. The van der Waals surface area contributed by atoms with Crippen LogP contribution in [0.4, 0.5) is 16.2 Å². The quantitative estimate of drug-likeness (QED) is 0.114. The van der Waals surface area contributed by atoms with Crippen molar-refractivity contribution in [2.45, 2.75) is 25.4 Å². The van der Waals surface area contributed by atoms with Crippen LogP contribution in [0.3, 0.4) is 0 Å². The molecular formula is C26H27N7O7S. The molecule has 1 fully saturated rings. The zero-order chi connectivity index (χ0) is 29.7. The zero-order valence-electron chi connectivity index (χ0n) is 21.8. The van der Waals surface area contributed by atoms with Gasteiger partial charge in [-0.25, -0.2) is 14.6 Å². The molecule has 0 aliphatic carbocycles. The van der Waals surface area contributed by atoms with E-state index in [1.165, 1.54) is 11.0 Å². The molecule has 0 bridgehead atoms. The number of esters is 1. The van der Waals surface area contributed by atoms with Crippen LogP contribution in [0.2, 0.25) is 0 Å². The fourth-order valence-electron chi connectivity index (χ4n) is 4.34. The lowest BCUT2D eigenvalue weighted by molar-refractivity contribution is -0.146. The number of amidine groups is 1. The molecular weight excluding hydrogens is 554 g/mol. The Hall–Kier alpha value is -5.05. The highest BCUT2D eigenvalue weighted by Gasteiger charge is 2.35. The first-order valence-electron chi connectivity index (χ1n) is 12.5. The van der Waals surface area contributed by atoms with E-state index in [0.717, 1.165) is 0 Å². The van der Waals surface area contributed by atoms with Crippen LogP contribution in [-0.4, -0.2) is 80.4 Å². The van der Waals surface area contributed by atoms with E-state index in [9.17, 15) is 27.6 Å². The molecule has 15 heteroatoms. The number of hydrogen-bond donors (Lipinski definition) is 5. The molecule has 2 atom stereocenters. The molecule has 0 spiro atoms. The molecule has 41 heavy (non-hydrogen) atoms. The highest BCUT2D eigenvalue weighted by Crippen LogP contribution is 2.26. The van der Waals surface area contributed by atoms with Crippen LogP contribution in [0.1, 0.15) is 24.5 Å². The predicted octanol–water partition coefficient (Wildman–Crippen LogP) is -0.391. The number of amides is 4. The Labute approximate surface area is 236 Å². The number of carbonyl (C=O) groups is 4. The Bertz CT molecular complexity index is 1580. The van der Waals surface area contributed by atoms with Crippen molar-refractivity contribution >= 4 is 61.9 Å². The predicted molar refractivity (Wildman–Crippen MR) is 150 cm³/mol. The number of nitrogens with zero attached hydrogens (tertiary/aromatic N) is 2. The number of benzene rings is 2. The first-order valence-corrected chi connectivity index (χ1v) is 13.6. The van der Waals surface area contributed by atoms with Gasteiger partial charge in [-0.15, -0.1) is 0 Å². The minimum Gasteiger partial charge on any atom is -0.464 e. The highest BCUT2D eigenvalue weighted by atomic mass is 32.2. The maximum atomic E-state index is 13.0. The molecule has 0 radical (unpaired) electrons. The number of nitrogen functional groups attached to an aromatic ring is 1. The second-order valence-electron chi connectivity index (χ2n) is 8.97. The van der Waals surface area contributed by atoms with Gasteiger partial charge in [0.15, 0.2) is 5.71 Å². The maximum Gasteiger partial charge on any atom is 0.330 e. The van der Waals surface area contributed by atoms with Gasteiger partial charge in [0.2, 0.25) is 16.2 Å². The number of hydrogen-bond acceptors (Lipinski definition) is 9. The topological polar surface area (TPSA) is 213 Å². The van der Waals surface area contributed by atoms with Crippen LogP contribution in [0.25, 0.3) is 0 Å². The number of anilines is 1. The normalized spacial score (nSPS) is 16.4. The summed E-state index contributed by atoms with van der Waals surface area (Å²) in [7, 11) is -2.79. The van der Waals surface area contributed by atoms with Crippen LogP contribution in [0.5, 0.6) is 0 Å². The highest BCUT2D eigenvalue weighted by molar-refractivity contribution is 7.76. The molecule has 2 aromatic rings. The van der Waals surface area contributed by atoms with Gasteiger partial charge in [0.1, 0.15) is 22.8 Å². The van der Waals surface area contributed by atoms with Crippen LogP contribution < -0.4 is 26.6 Å². The van der Waals surface area contributed by atoms with Crippen LogP contribution in [0, 0.1) is 5.41 Å². The fraction of sp³-hybridized carbons (Fsp3) is 0.269. The Morgan fingerprint density at radius 3 is 2.54 bits per heavy atom. The second kappa shape index (κ2) is 12.4. The average molecular weight is 582 g/mol. The Balaban J connectivity index is 1.38. The fourth-order valence-corrected chi connectivity index (χ4v) is 4.99. The van der Waals surface area contributed by atoms with Gasteiger partial charge in [0.05, 0.1) is 18.8 Å². The summed E-state index contributed by atoms with van der Waals surface area (Å²) < 4.78 is 28.7. The molecule has 2 unspecified atom stereocenters. The lowest BCUT2D eigenvalue weighted by Gasteiger charge is -2.20. The first-order chi connectivity index (χ1) is 19.6. The summed E-state index contributed by atoms with van der Waals surface area (Å²) >= 11 is 0. The summed E-state index contributed by atoms with van der Waals surface area (Å²) in [6.07, 6.45) is 0.323. The number of nitrogens with two attached hydrogens (primary N) is 1.